The van der Waals surface area contributed by atoms with Gasteiger partial charge in [-0.3, -0.25) is 0 Å². The zero-order valence-corrected chi connectivity index (χ0v) is 15.1. The van der Waals surface area contributed by atoms with Gasteiger partial charge in [-0.05, 0) is 25.5 Å². The van der Waals surface area contributed by atoms with Gasteiger partial charge in [0.25, 0.3) is 0 Å². The zero-order valence-electron chi connectivity index (χ0n) is 15.1. The molecule has 25 heavy (non-hydrogen) atoms. The number of para-hydroxylation sites is 2. The summed E-state index contributed by atoms with van der Waals surface area (Å²) in [5.41, 5.74) is 3.36. The van der Waals surface area contributed by atoms with Gasteiger partial charge in [0.2, 0.25) is 11.5 Å². The maximum atomic E-state index is 5.23. The van der Waals surface area contributed by atoms with Crippen LogP contribution < -0.4 is 5.62 Å². The van der Waals surface area contributed by atoms with Crippen molar-refractivity contribution in [1.29, 1.82) is 0 Å². The first-order chi connectivity index (χ1) is 12.3. The summed E-state index contributed by atoms with van der Waals surface area (Å²) in [5, 5.41) is 4.02. The summed E-state index contributed by atoms with van der Waals surface area (Å²) in [6.07, 6.45) is 1.67. The molecule has 0 spiro atoms. The van der Waals surface area contributed by atoms with Gasteiger partial charge < -0.3 is 18.4 Å². The van der Waals surface area contributed by atoms with Crippen molar-refractivity contribution in [3.05, 3.63) is 41.6 Å². The first-order valence-electron chi connectivity index (χ1n) is 8.77. The lowest BCUT2D eigenvalue weighted by Crippen LogP contribution is -2.26. The maximum absolute atomic E-state index is 5.23. The molecule has 0 atom stereocenters. The van der Waals surface area contributed by atoms with Crippen molar-refractivity contribution >= 4 is 11.0 Å². The van der Waals surface area contributed by atoms with Crippen molar-refractivity contribution in [3.8, 4) is 0 Å². The molecule has 0 radical (unpaired) electrons. The Hall–Kier alpha value is -2.41. The highest BCUT2D eigenvalue weighted by Gasteiger charge is 2.10. The van der Waals surface area contributed by atoms with E-state index in [0.717, 1.165) is 25.1 Å². The van der Waals surface area contributed by atoms with Crippen molar-refractivity contribution < 1.29 is 9.26 Å². The minimum Gasteiger partial charge on any atom is -0.384 e. The number of methoxy groups -OCH3 is 1. The molecule has 0 bridgehead atoms. The van der Waals surface area contributed by atoms with Crippen LogP contribution in [0.3, 0.4) is 0 Å². The molecule has 0 amide bonds. The Labute approximate surface area is 146 Å². The van der Waals surface area contributed by atoms with Crippen LogP contribution >= 0.6 is 0 Å². The highest BCUT2D eigenvalue weighted by molar-refractivity contribution is 5.75. The number of nitrogens with zero attached hydrogens (tertiary/aromatic N) is 5. The van der Waals surface area contributed by atoms with Crippen molar-refractivity contribution in [2.24, 2.45) is 4.99 Å². The van der Waals surface area contributed by atoms with Crippen molar-refractivity contribution in [3.63, 3.8) is 0 Å². The molecule has 0 fully saturated rings. The van der Waals surface area contributed by atoms with Crippen LogP contribution in [0.4, 0.5) is 0 Å². The molecule has 0 saturated heterocycles. The largest absolute Gasteiger partial charge is 0.384 e. The fourth-order valence-corrected chi connectivity index (χ4v) is 3.00. The van der Waals surface area contributed by atoms with E-state index in [2.05, 4.69) is 57.4 Å². The Bertz CT molecular complexity index is 890. The molecule has 7 nitrogen and oxygen atoms in total. The molecule has 0 unspecified atom stereocenters. The molecule has 0 aliphatic rings. The predicted molar refractivity (Wildman–Crippen MR) is 95.0 cm³/mol. The second-order valence-electron chi connectivity index (χ2n) is 5.85. The van der Waals surface area contributed by atoms with Crippen molar-refractivity contribution in [2.45, 2.75) is 46.3 Å². The first kappa shape index (κ1) is 17.4. The van der Waals surface area contributed by atoms with Gasteiger partial charge in [0, 0.05) is 20.2 Å². The standard InChI is InChI=1S/C18H25N5O2/c1-4-11-23-15-9-7-6-8-14(15)22(5-2)18(23)19-13-16-20-17(25-21-16)10-12-24-3/h6-9H,4-5,10-13H2,1-3H3. The minimum absolute atomic E-state index is 0.399. The summed E-state index contributed by atoms with van der Waals surface area (Å²) in [5.74, 6) is 1.19. The lowest BCUT2D eigenvalue weighted by atomic mass is 10.3. The summed E-state index contributed by atoms with van der Waals surface area (Å²) in [6, 6.07) is 8.42. The fourth-order valence-electron chi connectivity index (χ4n) is 3.00. The number of ether oxygens (including phenoxy) is 1. The minimum atomic E-state index is 0.399. The van der Waals surface area contributed by atoms with Crippen LogP contribution in [0.1, 0.15) is 32.0 Å². The molecule has 2 aromatic heterocycles. The fraction of sp³-hybridized carbons (Fsp3) is 0.500. The summed E-state index contributed by atoms with van der Waals surface area (Å²) in [4.78, 5) is 9.18. The predicted octanol–water partition coefficient (Wildman–Crippen LogP) is 2.55. The lowest BCUT2D eigenvalue weighted by molar-refractivity contribution is 0.192. The SMILES string of the molecule is CCCn1c(=NCc2noc(CCOC)n2)n(CC)c2ccccc21. The molecule has 0 aliphatic carbocycles. The topological polar surface area (TPSA) is 70.4 Å². The molecule has 7 heteroatoms. The van der Waals surface area contributed by atoms with Crippen molar-refractivity contribution in [1.82, 2.24) is 19.3 Å². The number of imidazole rings is 1. The second-order valence-corrected chi connectivity index (χ2v) is 5.85. The number of aryl methyl sites for hydroxylation is 2. The number of fused-ring (bicyclic) bond motifs is 1. The average molecular weight is 343 g/mol. The first-order valence-corrected chi connectivity index (χ1v) is 8.77. The van der Waals surface area contributed by atoms with Gasteiger partial charge in [0.1, 0.15) is 6.54 Å². The Morgan fingerprint density at radius 1 is 1.16 bits per heavy atom. The molecule has 0 aliphatic heterocycles. The lowest BCUT2D eigenvalue weighted by Gasteiger charge is -2.02. The molecular formula is C18H25N5O2. The van der Waals surface area contributed by atoms with Crippen LogP contribution in [-0.2, 0) is 30.8 Å². The third-order valence-corrected chi connectivity index (χ3v) is 4.10. The van der Waals surface area contributed by atoms with Crippen LogP contribution in [0.25, 0.3) is 11.0 Å². The molecule has 0 saturated carbocycles. The number of hydrogen-bond donors (Lipinski definition) is 0. The molecule has 1 aromatic carbocycles. The van der Waals surface area contributed by atoms with E-state index in [-0.39, 0.29) is 0 Å². The van der Waals surface area contributed by atoms with E-state index in [9.17, 15) is 0 Å². The monoisotopic (exact) mass is 343 g/mol. The zero-order chi connectivity index (χ0) is 17.6. The number of hydrogen-bond acceptors (Lipinski definition) is 5. The van der Waals surface area contributed by atoms with Gasteiger partial charge >= 0.3 is 0 Å². The summed E-state index contributed by atoms with van der Waals surface area (Å²) < 4.78 is 14.8. The molecule has 2 heterocycles. The van der Waals surface area contributed by atoms with E-state index >= 15 is 0 Å². The van der Waals surface area contributed by atoms with Gasteiger partial charge in [0.05, 0.1) is 24.1 Å². The smallest absolute Gasteiger partial charge is 0.229 e. The van der Waals surface area contributed by atoms with E-state index < -0.39 is 0 Å². The number of rotatable bonds is 8. The molecule has 3 aromatic rings. The Balaban J connectivity index is 1.97. The van der Waals surface area contributed by atoms with E-state index in [4.69, 9.17) is 14.3 Å². The van der Waals surface area contributed by atoms with Gasteiger partial charge in [-0.1, -0.05) is 24.2 Å². The highest BCUT2D eigenvalue weighted by atomic mass is 16.5. The second kappa shape index (κ2) is 8.11. The number of benzene rings is 1. The van der Waals surface area contributed by atoms with Crippen molar-refractivity contribution in [2.75, 3.05) is 13.7 Å². The van der Waals surface area contributed by atoms with E-state index in [1.54, 1.807) is 7.11 Å². The summed E-state index contributed by atoms with van der Waals surface area (Å²) >= 11 is 0. The van der Waals surface area contributed by atoms with Gasteiger partial charge in [-0.25, -0.2) is 4.99 Å². The van der Waals surface area contributed by atoms with Crippen LogP contribution in [-0.4, -0.2) is 33.0 Å². The third-order valence-electron chi connectivity index (χ3n) is 4.10. The molecular weight excluding hydrogens is 318 g/mol. The van der Waals surface area contributed by atoms with E-state index in [0.29, 0.717) is 31.3 Å². The number of aromatic nitrogens is 4. The van der Waals surface area contributed by atoms with Crippen LogP contribution in [0.5, 0.6) is 0 Å². The van der Waals surface area contributed by atoms with E-state index in [1.807, 2.05) is 0 Å². The summed E-state index contributed by atoms with van der Waals surface area (Å²) in [7, 11) is 1.66. The average Bonchev–Trinajstić information content (AvgIpc) is 3.21. The maximum Gasteiger partial charge on any atom is 0.229 e. The molecule has 134 valence electrons. The highest BCUT2D eigenvalue weighted by Crippen LogP contribution is 2.13. The molecule has 3 rings (SSSR count). The Morgan fingerprint density at radius 2 is 1.92 bits per heavy atom. The summed E-state index contributed by atoms with van der Waals surface area (Å²) in [6.45, 7) is 7.07. The van der Waals surface area contributed by atoms with E-state index in [1.165, 1.54) is 11.0 Å². The Kier molecular flexibility index (Phi) is 5.65. The molecule has 0 N–H and O–H groups in total. The quantitative estimate of drug-likeness (QED) is 0.630. The Morgan fingerprint density at radius 3 is 2.60 bits per heavy atom. The van der Waals surface area contributed by atoms with Crippen LogP contribution in [0.2, 0.25) is 0 Å². The third kappa shape index (κ3) is 3.66. The van der Waals surface area contributed by atoms with Crippen LogP contribution in [0, 0.1) is 0 Å². The van der Waals surface area contributed by atoms with Crippen LogP contribution in [0.15, 0.2) is 33.8 Å². The van der Waals surface area contributed by atoms with Gasteiger partial charge in [-0.2, -0.15) is 4.98 Å². The normalized spacial score (nSPS) is 12.4. The van der Waals surface area contributed by atoms with Gasteiger partial charge in [-0.15, -0.1) is 0 Å². The van der Waals surface area contributed by atoms with Gasteiger partial charge in [0.15, 0.2) is 5.82 Å².